The minimum atomic E-state index is 0.160. The summed E-state index contributed by atoms with van der Waals surface area (Å²) < 4.78 is 0. The molecule has 0 saturated heterocycles. The SMILES string of the molecule is CCN(CCO)CCC(=O)NC1CCCCC1. The number of carbonyl (C=O) groups excluding carboxylic acids is 1. The molecule has 0 spiro atoms. The normalized spacial score (nSPS) is 17.4. The number of carbonyl (C=O) groups is 1. The standard InChI is InChI=1S/C13H26N2O2/c1-2-15(10-11-16)9-8-13(17)14-12-6-4-3-5-7-12/h12,16H,2-11H2,1H3,(H,14,17). The number of rotatable bonds is 7. The number of aliphatic hydroxyl groups is 1. The van der Waals surface area contributed by atoms with Crippen molar-refractivity contribution >= 4 is 5.91 Å². The maximum atomic E-state index is 11.7. The average molecular weight is 242 g/mol. The van der Waals surface area contributed by atoms with E-state index < -0.39 is 0 Å². The van der Waals surface area contributed by atoms with E-state index in [4.69, 9.17) is 5.11 Å². The summed E-state index contributed by atoms with van der Waals surface area (Å²) in [5.41, 5.74) is 0. The van der Waals surface area contributed by atoms with Crippen LogP contribution in [0.2, 0.25) is 0 Å². The van der Waals surface area contributed by atoms with Crippen molar-refractivity contribution in [2.24, 2.45) is 0 Å². The molecule has 1 fully saturated rings. The van der Waals surface area contributed by atoms with E-state index in [2.05, 4.69) is 17.1 Å². The summed E-state index contributed by atoms with van der Waals surface area (Å²) in [7, 11) is 0. The molecule has 1 aliphatic rings. The van der Waals surface area contributed by atoms with Crippen LogP contribution in [0, 0.1) is 0 Å². The van der Waals surface area contributed by atoms with Crippen LogP contribution in [0.25, 0.3) is 0 Å². The number of nitrogens with one attached hydrogen (secondary N) is 1. The molecule has 2 N–H and O–H groups in total. The van der Waals surface area contributed by atoms with Gasteiger partial charge in [-0.25, -0.2) is 0 Å². The maximum absolute atomic E-state index is 11.7. The molecule has 100 valence electrons. The second-order valence-corrected chi connectivity index (χ2v) is 4.81. The van der Waals surface area contributed by atoms with Gasteiger partial charge in [0.15, 0.2) is 0 Å². The first-order valence-corrected chi connectivity index (χ1v) is 6.88. The number of likely N-dealkylation sites (N-methyl/N-ethyl adjacent to an activating group) is 1. The Kier molecular flexibility index (Phi) is 7.21. The van der Waals surface area contributed by atoms with E-state index in [-0.39, 0.29) is 12.5 Å². The number of amides is 1. The van der Waals surface area contributed by atoms with E-state index in [0.29, 0.717) is 19.0 Å². The molecule has 4 heteroatoms. The fourth-order valence-electron chi connectivity index (χ4n) is 2.38. The van der Waals surface area contributed by atoms with E-state index >= 15 is 0 Å². The van der Waals surface area contributed by atoms with Gasteiger partial charge in [0, 0.05) is 25.6 Å². The Labute approximate surface area is 104 Å². The Morgan fingerprint density at radius 2 is 2.00 bits per heavy atom. The molecule has 0 unspecified atom stereocenters. The molecule has 0 bridgehead atoms. The zero-order valence-corrected chi connectivity index (χ0v) is 11.0. The molecule has 1 aliphatic carbocycles. The van der Waals surface area contributed by atoms with Crippen molar-refractivity contribution in [3.63, 3.8) is 0 Å². The molecule has 4 nitrogen and oxygen atoms in total. The van der Waals surface area contributed by atoms with Gasteiger partial charge in [-0.2, -0.15) is 0 Å². The van der Waals surface area contributed by atoms with Crippen LogP contribution in [-0.2, 0) is 4.79 Å². The van der Waals surface area contributed by atoms with Crippen molar-refractivity contribution in [3.8, 4) is 0 Å². The molecule has 0 aromatic rings. The number of nitrogens with zero attached hydrogens (tertiary/aromatic N) is 1. The summed E-state index contributed by atoms with van der Waals surface area (Å²) in [6.07, 6.45) is 6.63. The lowest BCUT2D eigenvalue weighted by Crippen LogP contribution is -2.38. The van der Waals surface area contributed by atoms with Crippen LogP contribution >= 0.6 is 0 Å². The summed E-state index contributed by atoms with van der Waals surface area (Å²) in [4.78, 5) is 13.8. The van der Waals surface area contributed by atoms with Gasteiger partial charge in [0.25, 0.3) is 0 Å². The van der Waals surface area contributed by atoms with Crippen molar-refractivity contribution in [1.29, 1.82) is 0 Å². The van der Waals surface area contributed by atoms with Crippen molar-refractivity contribution in [1.82, 2.24) is 10.2 Å². The van der Waals surface area contributed by atoms with E-state index in [9.17, 15) is 4.79 Å². The summed E-state index contributed by atoms with van der Waals surface area (Å²) in [6.45, 7) is 4.51. The van der Waals surface area contributed by atoms with Crippen LogP contribution < -0.4 is 5.32 Å². The van der Waals surface area contributed by atoms with Crippen molar-refractivity contribution < 1.29 is 9.90 Å². The van der Waals surface area contributed by atoms with Gasteiger partial charge in [0.1, 0.15) is 0 Å². The molecule has 0 heterocycles. The molecule has 0 aliphatic heterocycles. The van der Waals surface area contributed by atoms with Crippen LogP contribution in [0.3, 0.4) is 0 Å². The lowest BCUT2D eigenvalue weighted by molar-refractivity contribution is -0.122. The van der Waals surface area contributed by atoms with E-state index in [1.807, 2.05) is 0 Å². The molecule has 1 rings (SSSR count). The molecule has 1 amide bonds. The second kappa shape index (κ2) is 8.48. The molecule has 0 atom stereocenters. The smallest absolute Gasteiger partial charge is 0.221 e. The van der Waals surface area contributed by atoms with Gasteiger partial charge in [0.05, 0.1) is 6.61 Å². The monoisotopic (exact) mass is 242 g/mol. The van der Waals surface area contributed by atoms with Gasteiger partial charge in [-0.05, 0) is 19.4 Å². The molecule has 1 saturated carbocycles. The zero-order chi connectivity index (χ0) is 12.5. The summed E-state index contributed by atoms with van der Waals surface area (Å²) in [6, 6.07) is 0.407. The third-order valence-electron chi connectivity index (χ3n) is 3.49. The highest BCUT2D eigenvalue weighted by atomic mass is 16.3. The summed E-state index contributed by atoms with van der Waals surface area (Å²) >= 11 is 0. The van der Waals surface area contributed by atoms with Crippen LogP contribution in [0.5, 0.6) is 0 Å². The third-order valence-corrected chi connectivity index (χ3v) is 3.49. The number of aliphatic hydroxyl groups excluding tert-OH is 1. The molecule has 17 heavy (non-hydrogen) atoms. The minimum absolute atomic E-state index is 0.160. The maximum Gasteiger partial charge on any atom is 0.221 e. The molecule has 0 radical (unpaired) electrons. The molecular formula is C13H26N2O2. The van der Waals surface area contributed by atoms with Gasteiger partial charge < -0.3 is 15.3 Å². The number of hydrogen-bond donors (Lipinski definition) is 2. The highest BCUT2D eigenvalue weighted by molar-refractivity contribution is 5.76. The largest absolute Gasteiger partial charge is 0.395 e. The van der Waals surface area contributed by atoms with Crippen LogP contribution in [-0.4, -0.2) is 48.2 Å². The first-order valence-electron chi connectivity index (χ1n) is 6.88. The Morgan fingerprint density at radius 1 is 1.29 bits per heavy atom. The predicted octanol–water partition coefficient (Wildman–Crippen LogP) is 1.14. The van der Waals surface area contributed by atoms with Gasteiger partial charge in [-0.3, -0.25) is 4.79 Å². The lowest BCUT2D eigenvalue weighted by atomic mass is 9.95. The Balaban J connectivity index is 2.14. The molecule has 0 aromatic carbocycles. The van der Waals surface area contributed by atoms with Crippen molar-refractivity contribution in [2.45, 2.75) is 51.5 Å². The predicted molar refractivity (Wildman–Crippen MR) is 68.8 cm³/mol. The topological polar surface area (TPSA) is 52.6 Å². The summed E-state index contributed by atoms with van der Waals surface area (Å²) in [5, 5.41) is 12.0. The quantitative estimate of drug-likeness (QED) is 0.704. The Hall–Kier alpha value is -0.610. The second-order valence-electron chi connectivity index (χ2n) is 4.81. The van der Waals surface area contributed by atoms with Crippen LogP contribution in [0.4, 0.5) is 0 Å². The van der Waals surface area contributed by atoms with E-state index in [1.165, 1.54) is 19.3 Å². The number of hydrogen-bond acceptors (Lipinski definition) is 3. The Bertz CT molecular complexity index is 215. The van der Waals surface area contributed by atoms with Crippen LogP contribution in [0.1, 0.15) is 45.4 Å². The Morgan fingerprint density at radius 3 is 2.59 bits per heavy atom. The van der Waals surface area contributed by atoms with Gasteiger partial charge in [-0.15, -0.1) is 0 Å². The molecule has 0 aromatic heterocycles. The first kappa shape index (κ1) is 14.5. The van der Waals surface area contributed by atoms with Crippen molar-refractivity contribution in [2.75, 3.05) is 26.2 Å². The highest BCUT2D eigenvalue weighted by Crippen LogP contribution is 2.17. The minimum Gasteiger partial charge on any atom is -0.395 e. The fraction of sp³-hybridized carbons (Fsp3) is 0.923. The summed E-state index contributed by atoms with van der Waals surface area (Å²) in [5.74, 6) is 0.160. The van der Waals surface area contributed by atoms with E-state index in [0.717, 1.165) is 25.9 Å². The van der Waals surface area contributed by atoms with E-state index in [1.54, 1.807) is 0 Å². The first-order chi connectivity index (χ1) is 8.26. The van der Waals surface area contributed by atoms with Gasteiger partial charge >= 0.3 is 0 Å². The van der Waals surface area contributed by atoms with Crippen LogP contribution in [0.15, 0.2) is 0 Å². The average Bonchev–Trinajstić information content (AvgIpc) is 2.35. The highest BCUT2D eigenvalue weighted by Gasteiger charge is 2.15. The third kappa shape index (κ3) is 6.03. The fourth-order valence-corrected chi connectivity index (χ4v) is 2.38. The lowest BCUT2D eigenvalue weighted by Gasteiger charge is -2.24. The van der Waals surface area contributed by atoms with Crippen molar-refractivity contribution in [3.05, 3.63) is 0 Å². The zero-order valence-electron chi connectivity index (χ0n) is 11.0. The molecular weight excluding hydrogens is 216 g/mol. The van der Waals surface area contributed by atoms with Gasteiger partial charge in [-0.1, -0.05) is 26.2 Å². The van der Waals surface area contributed by atoms with Gasteiger partial charge in [0.2, 0.25) is 5.91 Å².